The van der Waals surface area contributed by atoms with E-state index in [0.717, 1.165) is 61.7 Å². The summed E-state index contributed by atoms with van der Waals surface area (Å²) >= 11 is 5.94. The topological polar surface area (TPSA) is 51.7 Å². The van der Waals surface area contributed by atoms with Gasteiger partial charge in [-0.05, 0) is 54.3 Å². The van der Waals surface area contributed by atoms with Crippen LogP contribution in [0, 0.1) is 5.82 Å². The summed E-state index contributed by atoms with van der Waals surface area (Å²) < 4.78 is 25.2. The largest absolute Gasteiger partial charge is 0.493 e. The Hall–Kier alpha value is -2.80. The van der Waals surface area contributed by atoms with Gasteiger partial charge in [-0.1, -0.05) is 29.8 Å². The number of hydrogen-bond donors (Lipinski definition) is 0. The fraction of sp³-hybridized carbons (Fsp3) is 0.357. The molecule has 1 aromatic heterocycles. The minimum Gasteiger partial charge on any atom is -0.493 e. The highest BCUT2D eigenvalue weighted by atomic mass is 35.5. The van der Waals surface area contributed by atoms with Crippen molar-refractivity contribution in [2.45, 2.75) is 25.7 Å². The average Bonchev–Trinajstić information content (AvgIpc) is 2.87. The van der Waals surface area contributed by atoms with E-state index in [4.69, 9.17) is 21.1 Å². The molecule has 0 radical (unpaired) electrons. The summed E-state index contributed by atoms with van der Waals surface area (Å²) in [5.74, 6) is 0.223. The van der Waals surface area contributed by atoms with E-state index in [2.05, 4.69) is 9.88 Å². The lowest BCUT2D eigenvalue weighted by atomic mass is 10.0. The van der Waals surface area contributed by atoms with Gasteiger partial charge in [0.2, 0.25) is 0 Å². The van der Waals surface area contributed by atoms with Gasteiger partial charge in [0.05, 0.1) is 19.8 Å². The molecule has 5 nitrogen and oxygen atoms in total. The van der Waals surface area contributed by atoms with Crippen LogP contribution >= 0.6 is 11.6 Å². The van der Waals surface area contributed by atoms with Crippen molar-refractivity contribution in [3.8, 4) is 16.9 Å². The second kappa shape index (κ2) is 12.8. The third-order valence-corrected chi connectivity index (χ3v) is 6.25. The molecule has 2 aromatic carbocycles. The number of ether oxygens (including phenoxy) is 2. The van der Waals surface area contributed by atoms with E-state index in [9.17, 15) is 9.18 Å². The fourth-order valence-corrected chi connectivity index (χ4v) is 4.19. The molecule has 7 heteroatoms. The smallest absolute Gasteiger partial charge is 0.139 e. The molecule has 1 aliphatic heterocycles. The number of morpholine rings is 1. The van der Waals surface area contributed by atoms with Crippen molar-refractivity contribution in [3.63, 3.8) is 0 Å². The minimum absolute atomic E-state index is 0.0639. The number of Topliss-reactive ketones (excluding diaryl/α,β-unsaturated/α-hetero) is 1. The number of rotatable bonds is 11. The molecule has 1 aliphatic rings. The molecular weight excluding hydrogens is 467 g/mol. The first-order valence-electron chi connectivity index (χ1n) is 12.0. The van der Waals surface area contributed by atoms with Crippen molar-refractivity contribution >= 4 is 17.4 Å². The Kier molecular flexibility index (Phi) is 9.23. The highest BCUT2D eigenvalue weighted by molar-refractivity contribution is 6.30. The van der Waals surface area contributed by atoms with Gasteiger partial charge in [0, 0.05) is 61.0 Å². The highest BCUT2D eigenvalue weighted by Crippen LogP contribution is 2.22. The molecule has 0 saturated carbocycles. The Morgan fingerprint density at radius 3 is 2.57 bits per heavy atom. The summed E-state index contributed by atoms with van der Waals surface area (Å²) in [4.78, 5) is 19.3. The number of nitrogens with zero attached hydrogens (tertiary/aromatic N) is 2. The van der Waals surface area contributed by atoms with Crippen molar-refractivity contribution in [2.24, 2.45) is 0 Å². The third kappa shape index (κ3) is 8.13. The Bertz CT molecular complexity index is 1100. The molecular formula is C28H30ClFN2O3. The van der Waals surface area contributed by atoms with E-state index >= 15 is 0 Å². The number of halogens is 2. The van der Waals surface area contributed by atoms with Crippen LogP contribution in [0.1, 0.15) is 24.1 Å². The van der Waals surface area contributed by atoms with Crippen LogP contribution in [-0.2, 0) is 22.4 Å². The van der Waals surface area contributed by atoms with E-state index in [0.29, 0.717) is 30.2 Å². The summed E-state index contributed by atoms with van der Waals surface area (Å²) in [6.07, 6.45) is 3.67. The van der Waals surface area contributed by atoms with Gasteiger partial charge in [0.15, 0.2) is 0 Å². The van der Waals surface area contributed by atoms with Crippen LogP contribution in [0.4, 0.5) is 4.39 Å². The zero-order valence-corrected chi connectivity index (χ0v) is 20.5. The molecule has 1 fully saturated rings. The second-order valence-corrected chi connectivity index (χ2v) is 9.15. The van der Waals surface area contributed by atoms with Gasteiger partial charge < -0.3 is 9.47 Å². The molecule has 4 rings (SSSR count). The fourth-order valence-electron chi connectivity index (χ4n) is 4.07. The van der Waals surface area contributed by atoms with Crippen LogP contribution in [0.3, 0.4) is 0 Å². The third-order valence-electron chi connectivity index (χ3n) is 6.00. The predicted octanol–water partition coefficient (Wildman–Crippen LogP) is 5.39. The number of benzene rings is 2. The van der Waals surface area contributed by atoms with Gasteiger partial charge in [0.1, 0.15) is 17.3 Å². The van der Waals surface area contributed by atoms with Gasteiger partial charge in [-0.15, -0.1) is 0 Å². The van der Waals surface area contributed by atoms with Crippen molar-refractivity contribution in [1.29, 1.82) is 0 Å². The Morgan fingerprint density at radius 1 is 1.06 bits per heavy atom. The summed E-state index contributed by atoms with van der Waals surface area (Å²) in [6, 6.07) is 16.0. The van der Waals surface area contributed by atoms with Crippen molar-refractivity contribution in [1.82, 2.24) is 9.88 Å². The maximum absolute atomic E-state index is 14.1. The van der Waals surface area contributed by atoms with Gasteiger partial charge >= 0.3 is 0 Å². The number of carbonyl (C=O) groups excluding carboxylic acids is 1. The lowest BCUT2D eigenvalue weighted by Crippen LogP contribution is -2.37. The van der Waals surface area contributed by atoms with E-state index in [1.165, 1.54) is 12.1 Å². The molecule has 0 atom stereocenters. The van der Waals surface area contributed by atoms with Gasteiger partial charge in [-0.25, -0.2) is 4.39 Å². The number of hydrogen-bond acceptors (Lipinski definition) is 5. The van der Waals surface area contributed by atoms with Gasteiger partial charge in [0.25, 0.3) is 0 Å². The highest BCUT2D eigenvalue weighted by Gasteiger charge is 2.11. The van der Waals surface area contributed by atoms with Crippen LogP contribution in [0.2, 0.25) is 5.02 Å². The van der Waals surface area contributed by atoms with Crippen LogP contribution in [0.25, 0.3) is 11.1 Å². The average molecular weight is 497 g/mol. The number of ketones is 1. The Morgan fingerprint density at radius 2 is 1.83 bits per heavy atom. The molecule has 0 amide bonds. The summed E-state index contributed by atoms with van der Waals surface area (Å²) in [7, 11) is 0. The lowest BCUT2D eigenvalue weighted by molar-refractivity contribution is -0.118. The molecule has 184 valence electrons. The normalized spacial score (nSPS) is 14.1. The Balaban J connectivity index is 1.23. The molecule has 35 heavy (non-hydrogen) atoms. The Labute approximate surface area is 210 Å². The van der Waals surface area contributed by atoms with Crippen molar-refractivity contribution in [3.05, 3.63) is 82.9 Å². The zero-order valence-electron chi connectivity index (χ0n) is 19.7. The number of aryl methyl sites for hydroxylation is 1. The first-order valence-corrected chi connectivity index (χ1v) is 12.4. The van der Waals surface area contributed by atoms with E-state index in [1.807, 2.05) is 42.5 Å². The lowest BCUT2D eigenvalue weighted by Gasteiger charge is -2.26. The molecule has 0 N–H and O–H groups in total. The zero-order chi connectivity index (χ0) is 24.5. The molecule has 0 spiro atoms. The quantitative estimate of drug-likeness (QED) is 0.333. The van der Waals surface area contributed by atoms with Crippen LogP contribution in [0.15, 0.2) is 60.8 Å². The number of aromatic nitrogens is 1. The van der Waals surface area contributed by atoms with Crippen molar-refractivity contribution < 1.29 is 18.7 Å². The first-order chi connectivity index (χ1) is 17.0. The van der Waals surface area contributed by atoms with E-state index in [1.54, 1.807) is 6.20 Å². The van der Waals surface area contributed by atoms with Crippen LogP contribution in [-0.4, -0.2) is 55.1 Å². The maximum Gasteiger partial charge on any atom is 0.139 e. The standard InChI is InChI=1S/C28H30ClFN2O3/c29-24-6-3-22(4-7-24)23-5-8-26(31-20-23)19-27(33)9-2-21-16-25(30)18-28(17-21)35-13-1-10-32-11-14-34-15-12-32/h3-8,16-18,20H,1-2,9-15,19H2. The maximum atomic E-state index is 14.1. The predicted molar refractivity (Wildman–Crippen MR) is 135 cm³/mol. The molecule has 3 aromatic rings. The molecule has 0 aliphatic carbocycles. The SMILES string of the molecule is O=C(CCc1cc(F)cc(OCCCN2CCOCC2)c1)Cc1ccc(-c2ccc(Cl)cc2)cn1. The van der Waals surface area contributed by atoms with Crippen LogP contribution < -0.4 is 4.74 Å². The summed E-state index contributed by atoms with van der Waals surface area (Å²) in [5, 5.41) is 0.685. The van der Waals surface area contributed by atoms with E-state index < -0.39 is 0 Å². The monoisotopic (exact) mass is 496 g/mol. The summed E-state index contributed by atoms with van der Waals surface area (Å²) in [6.45, 7) is 4.90. The number of carbonyl (C=O) groups is 1. The summed E-state index contributed by atoms with van der Waals surface area (Å²) in [5.41, 5.74) is 3.46. The first kappa shape index (κ1) is 25.3. The van der Waals surface area contributed by atoms with Gasteiger partial charge in [-0.2, -0.15) is 0 Å². The molecule has 0 unspecified atom stereocenters. The van der Waals surface area contributed by atoms with Crippen molar-refractivity contribution in [2.75, 3.05) is 39.5 Å². The molecule has 1 saturated heterocycles. The van der Waals surface area contributed by atoms with Crippen LogP contribution in [0.5, 0.6) is 5.75 Å². The second-order valence-electron chi connectivity index (χ2n) is 8.71. The van der Waals surface area contributed by atoms with Gasteiger partial charge in [-0.3, -0.25) is 14.7 Å². The number of pyridine rings is 1. The van der Waals surface area contributed by atoms with E-state index in [-0.39, 0.29) is 18.0 Å². The molecule has 2 heterocycles. The molecule has 0 bridgehead atoms. The minimum atomic E-state index is -0.349.